The fourth-order valence-corrected chi connectivity index (χ4v) is 3.56. The van der Waals surface area contributed by atoms with E-state index in [0.29, 0.717) is 29.7 Å². The molecule has 26 heavy (non-hydrogen) atoms. The zero-order valence-electron chi connectivity index (χ0n) is 14.9. The number of ether oxygens (including phenoxy) is 2. The number of benzene rings is 2. The number of halogens is 1. The molecule has 0 amide bonds. The van der Waals surface area contributed by atoms with Gasteiger partial charge in [0.15, 0.2) is 11.5 Å². The van der Waals surface area contributed by atoms with Crippen LogP contribution in [0.25, 0.3) is 0 Å². The molecular weight excluding hydrogens is 366 g/mol. The minimum Gasteiger partial charge on any atom is -0.493 e. The first-order valence-electron chi connectivity index (χ1n) is 8.43. The Labute approximate surface area is 163 Å². The van der Waals surface area contributed by atoms with Crippen LogP contribution in [0.2, 0.25) is 5.02 Å². The Bertz CT molecular complexity index is 832. The highest BCUT2D eigenvalue weighted by molar-refractivity contribution is 7.09. The van der Waals surface area contributed by atoms with Gasteiger partial charge in [0.2, 0.25) is 0 Å². The highest BCUT2D eigenvalue weighted by atomic mass is 35.5. The van der Waals surface area contributed by atoms with E-state index in [9.17, 15) is 0 Å². The van der Waals surface area contributed by atoms with Gasteiger partial charge < -0.3 is 14.8 Å². The van der Waals surface area contributed by atoms with Crippen LogP contribution in [-0.4, -0.2) is 7.11 Å². The monoisotopic (exact) mass is 387 g/mol. The lowest BCUT2D eigenvalue weighted by Crippen LogP contribution is -2.12. The van der Waals surface area contributed by atoms with Crippen molar-refractivity contribution in [2.45, 2.75) is 26.6 Å². The molecule has 1 N–H and O–H groups in total. The maximum Gasteiger partial charge on any atom is 0.180 e. The minimum absolute atomic E-state index is 0.451. The molecular formula is C21H22ClNO2S. The third kappa shape index (κ3) is 5.01. The molecule has 3 rings (SSSR count). The van der Waals surface area contributed by atoms with Crippen molar-refractivity contribution >= 4 is 22.9 Å². The van der Waals surface area contributed by atoms with E-state index in [2.05, 4.69) is 54.0 Å². The number of hydrogen-bond acceptors (Lipinski definition) is 4. The van der Waals surface area contributed by atoms with E-state index in [-0.39, 0.29) is 0 Å². The second-order valence-corrected chi connectivity index (χ2v) is 7.51. The fourth-order valence-electron chi connectivity index (χ4n) is 2.60. The van der Waals surface area contributed by atoms with E-state index in [1.807, 2.05) is 12.1 Å². The lowest BCUT2D eigenvalue weighted by Gasteiger charge is -2.15. The van der Waals surface area contributed by atoms with Crippen molar-refractivity contribution in [2.75, 3.05) is 7.11 Å². The molecule has 1 heterocycles. The maximum atomic E-state index is 6.45. The van der Waals surface area contributed by atoms with E-state index in [0.717, 1.165) is 17.7 Å². The molecule has 136 valence electrons. The minimum atomic E-state index is 0.451. The molecule has 0 aliphatic heterocycles. The van der Waals surface area contributed by atoms with Gasteiger partial charge >= 0.3 is 0 Å². The van der Waals surface area contributed by atoms with Crippen LogP contribution in [0, 0.1) is 6.92 Å². The first-order valence-corrected chi connectivity index (χ1v) is 9.69. The topological polar surface area (TPSA) is 30.5 Å². The summed E-state index contributed by atoms with van der Waals surface area (Å²) in [7, 11) is 1.63. The van der Waals surface area contributed by atoms with Crippen molar-refractivity contribution < 1.29 is 9.47 Å². The maximum absolute atomic E-state index is 6.45. The third-order valence-electron chi connectivity index (χ3n) is 4.00. The van der Waals surface area contributed by atoms with Crippen LogP contribution in [0.1, 0.15) is 21.6 Å². The largest absolute Gasteiger partial charge is 0.493 e. The molecule has 0 fully saturated rings. The molecule has 0 saturated heterocycles. The van der Waals surface area contributed by atoms with E-state index < -0.39 is 0 Å². The Hall–Kier alpha value is -2.01. The highest BCUT2D eigenvalue weighted by Crippen LogP contribution is 2.37. The lowest BCUT2D eigenvalue weighted by atomic mass is 10.1. The summed E-state index contributed by atoms with van der Waals surface area (Å²) < 4.78 is 11.4. The van der Waals surface area contributed by atoms with Crippen LogP contribution >= 0.6 is 22.9 Å². The Morgan fingerprint density at radius 3 is 2.54 bits per heavy atom. The summed E-state index contributed by atoms with van der Waals surface area (Å²) in [6.07, 6.45) is 0. The van der Waals surface area contributed by atoms with E-state index >= 15 is 0 Å². The van der Waals surface area contributed by atoms with Gasteiger partial charge in [-0.3, -0.25) is 0 Å². The van der Waals surface area contributed by atoms with Crippen molar-refractivity contribution in [3.8, 4) is 11.5 Å². The van der Waals surface area contributed by atoms with Crippen LogP contribution < -0.4 is 14.8 Å². The molecule has 3 aromatic rings. The average molecular weight is 388 g/mol. The molecule has 0 unspecified atom stereocenters. The lowest BCUT2D eigenvalue weighted by molar-refractivity contribution is 0.284. The standard InChI is InChI=1S/C21H22ClNO2S/c1-15-5-7-16(8-6-15)14-25-21-19(22)10-17(11-20(21)24-2)12-23-13-18-4-3-9-26-18/h3-11,23H,12-14H2,1-2H3. The molecule has 0 atom stereocenters. The fraction of sp³-hybridized carbons (Fsp3) is 0.238. The van der Waals surface area contributed by atoms with Gasteiger partial charge in [-0.25, -0.2) is 0 Å². The molecule has 0 radical (unpaired) electrons. The van der Waals surface area contributed by atoms with Gasteiger partial charge in [0.25, 0.3) is 0 Å². The predicted octanol–water partition coefficient (Wildman–Crippen LogP) is 5.59. The van der Waals surface area contributed by atoms with Crippen LogP contribution in [0.3, 0.4) is 0 Å². The Morgan fingerprint density at radius 1 is 1.04 bits per heavy atom. The Kier molecular flexibility index (Phi) is 6.56. The Morgan fingerprint density at radius 2 is 1.85 bits per heavy atom. The van der Waals surface area contributed by atoms with Crippen molar-refractivity contribution in [1.82, 2.24) is 5.32 Å². The number of methoxy groups -OCH3 is 1. The van der Waals surface area contributed by atoms with E-state index in [4.69, 9.17) is 21.1 Å². The summed E-state index contributed by atoms with van der Waals surface area (Å²) in [5.74, 6) is 1.23. The normalized spacial score (nSPS) is 10.7. The smallest absolute Gasteiger partial charge is 0.180 e. The molecule has 0 aliphatic carbocycles. The summed E-state index contributed by atoms with van der Waals surface area (Å²) in [6.45, 7) is 4.07. The molecule has 3 nitrogen and oxygen atoms in total. The van der Waals surface area contributed by atoms with Crippen molar-refractivity contribution in [3.63, 3.8) is 0 Å². The SMILES string of the molecule is COc1cc(CNCc2cccs2)cc(Cl)c1OCc1ccc(C)cc1. The number of thiophene rings is 1. The second kappa shape index (κ2) is 9.08. The quantitative estimate of drug-likeness (QED) is 0.546. The predicted molar refractivity (Wildman–Crippen MR) is 108 cm³/mol. The van der Waals surface area contributed by atoms with Gasteiger partial charge in [0.1, 0.15) is 6.61 Å². The molecule has 5 heteroatoms. The molecule has 2 aromatic carbocycles. The zero-order chi connectivity index (χ0) is 18.4. The van der Waals surface area contributed by atoms with Gasteiger partial charge in [0, 0.05) is 18.0 Å². The second-order valence-electron chi connectivity index (χ2n) is 6.07. The third-order valence-corrected chi connectivity index (χ3v) is 5.16. The highest BCUT2D eigenvalue weighted by Gasteiger charge is 2.12. The average Bonchev–Trinajstić information content (AvgIpc) is 3.15. The summed E-state index contributed by atoms with van der Waals surface area (Å²) in [4.78, 5) is 1.31. The first-order chi connectivity index (χ1) is 12.7. The van der Waals surface area contributed by atoms with Gasteiger partial charge in [-0.1, -0.05) is 47.5 Å². The van der Waals surface area contributed by atoms with Gasteiger partial charge in [-0.15, -0.1) is 11.3 Å². The Balaban J connectivity index is 1.65. The first kappa shape index (κ1) is 18.8. The molecule has 0 spiro atoms. The van der Waals surface area contributed by atoms with Gasteiger partial charge in [0.05, 0.1) is 12.1 Å². The summed E-state index contributed by atoms with van der Waals surface area (Å²) in [5, 5.41) is 6.06. The van der Waals surface area contributed by atoms with Gasteiger partial charge in [-0.05, 0) is 41.6 Å². The molecule has 0 aliphatic rings. The van der Waals surface area contributed by atoms with Crippen molar-refractivity contribution in [3.05, 3.63) is 80.5 Å². The molecule has 0 bridgehead atoms. The van der Waals surface area contributed by atoms with Crippen LogP contribution in [0.15, 0.2) is 53.9 Å². The summed E-state index contributed by atoms with van der Waals surface area (Å²) >= 11 is 8.20. The summed E-state index contributed by atoms with van der Waals surface area (Å²) in [5.41, 5.74) is 3.38. The number of nitrogens with one attached hydrogen (secondary N) is 1. The van der Waals surface area contributed by atoms with Crippen LogP contribution in [0.5, 0.6) is 11.5 Å². The van der Waals surface area contributed by atoms with Crippen molar-refractivity contribution in [2.24, 2.45) is 0 Å². The van der Waals surface area contributed by atoms with Crippen molar-refractivity contribution in [1.29, 1.82) is 0 Å². The number of rotatable bonds is 8. The van der Waals surface area contributed by atoms with Gasteiger partial charge in [-0.2, -0.15) is 0 Å². The van der Waals surface area contributed by atoms with Crippen LogP contribution in [0.4, 0.5) is 0 Å². The number of hydrogen-bond donors (Lipinski definition) is 1. The number of aryl methyl sites for hydroxylation is 1. The molecule has 0 saturated carbocycles. The van der Waals surface area contributed by atoms with E-state index in [1.165, 1.54) is 10.4 Å². The summed E-state index contributed by atoms with van der Waals surface area (Å²) in [6, 6.07) is 16.3. The van der Waals surface area contributed by atoms with E-state index in [1.54, 1.807) is 18.4 Å². The van der Waals surface area contributed by atoms with Crippen LogP contribution in [-0.2, 0) is 19.7 Å². The zero-order valence-corrected chi connectivity index (χ0v) is 16.5. The molecule has 1 aromatic heterocycles.